The van der Waals surface area contributed by atoms with Crippen molar-refractivity contribution >= 4 is 11.6 Å². The molecule has 1 aromatic carbocycles. The van der Waals surface area contributed by atoms with Crippen molar-refractivity contribution in [3.63, 3.8) is 0 Å². The van der Waals surface area contributed by atoms with Gasteiger partial charge in [0.05, 0.1) is 31.7 Å². The van der Waals surface area contributed by atoms with Crippen LogP contribution >= 0.6 is 0 Å². The highest BCUT2D eigenvalue weighted by Crippen LogP contribution is 2.30. The molecule has 0 saturated heterocycles. The lowest BCUT2D eigenvalue weighted by atomic mass is 10.1. The summed E-state index contributed by atoms with van der Waals surface area (Å²) in [4.78, 5) is 25.9. The van der Waals surface area contributed by atoms with Crippen molar-refractivity contribution in [2.24, 2.45) is 0 Å². The van der Waals surface area contributed by atoms with Gasteiger partial charge >= 0.3 is 0 Å². The maximum absolute atomic E-state index is 13.0. The summed E-state index contributed by atoms with van der Waals surface area (Å²) in [5.74, 6) is 1.36. The topological polar surface area (TPSA) is 122 Å². The lowest BCUT2D eigenvalue weighted by Gasteiger charge is -2.16. The number of aromatic nitrogens is 3. The monoisotopic (exact) mass is 450 g/mol. The van der Waals surface area contributed by atoms with Gasteiger partial charge in [-0.05, 0) is 26.0 Å². The first-order valence-electron chi connectivity index (χ1n) is 10.0. The van der Waals surface area contributed by atoms with Crippen molar-refractivity contribution in [1.29, 1.82) is 0 Å². The number of nitrogens with zero attached hydrogens (tertiary/aromatic N) is 3. The minimum Gasteiger partial charge on any atom is -0.497 e. The largest absolute Gasteiger partial charge is 0.497 e. The van der Waals surface area contributed by atoms with E-state index in [4.69, 9.17) is 18.4 Å². The zero-order valence-electron chi connectivity index (χ0n) is 18.5. The fourth-order valence-electron chi connectivity index (χ4n) is 3.26. The zero-order valence-corrected chi connectivity index (χ0v) is 18.5. The van der Waals surface area contributed by atoms with Gasteiger partial charge in [0.25, 0.3) is 5.56 Å². The Balaban J connectivity index is 1.71. The molecule has 170 valence electrons. The van der Waals surface area contributed by atoms with Crippen LogP contribution < -0.4 is 20.3 Å². The number of nitrogens with one attached hydrogen (secondary N) is 1. The maximum atomic E-state index is 13.0. The summed E-state index contributed by atoms with van der Waals surface area (Å²) in [5.41, 5.74) is 1.38. The van der Waals surface area contributed by atoms with E-state index in [0.717, 1.165) is 4.68 Å². The summed E-state index contributed by atoms with van der Waals surface area (Å²) in [6, 6.07) is 10.5. The molecule has 0 radical (unpaired) electrons. The van der Waals surface area contributed by atoms with Crippen molar-refractivity contribution in [1.82, 2.24) is 14.9 Å². The summed E-state index contributed by atoms with van der Waals surface area (Å²) in [6.07, 6.45) is 1.49. The quantitative estimate of drug-likeness (QED) is 0.452. The summed E-state index contributed by atoms with van der Waals surface area (Å²) >= 11 is 0. The molecule has 0 aliphatic rings. The molecular weight excluding hydrogens is 428 g/mol. The van der Waals surface area contributed by atoms with E-state index in [1.54, 1.807) is 50.2 Å². The predicted molar refractivity (Wildman–Crippen MR) is 119 cm³/mol. The average Bonchev–Trinajstić information content (AvgIpc) is 3.50. The SMILES string of the molecule is COc1cc(NC(=O)[C@@H](C)n2nc(-c3ccco3)c(-c3cc(C)no3)cc2=O)cc(OC)c1. The number of rotatable bonds is 7. The van der Waals surface area contributed by atoms with Crippen LogP contribution in [0.3, 0.4) is 0 Å². The third-order valence-corrected chi connectivity index (χ3v) is 4.97. The molecule has 0 fully saturated rings. The molecule has 10 nitrogen and oxygen atoms in total. The van der Waals surface area contributed by atoms with Crippen LogP contribution in [0, 0.1) is 6.92 Å². The predicted octanol–water partition coefficient (Wildman–Crippen LogP) is 3.68. The number of methoxy groups -OCH3 is 2. The van der Waals surface area contributed by atoms with E-state index in [1.807, 2.05) is 0 Å². The van der Waals surface area contributed by atoms with Crippen LogP contribution in [0.2, 0.25) is 0 Å². The first-order valence-corrected chi connectivity index (χ1v) is 10.0. The summed E-state index contributed by atoms with van der Waals surface area (Å²) in [6.45, 7) is 3.35. The van der Waals surface area contributed by atoms with Gasteiger partial charge in [0.1, 0.15) is 23.2 Å². The van der Waals surface area contributed by atoms with E-state index in [9.17, 15) is 9.59 Å². The fraction of sp³-hybridized carbons (Fsp3) is 0.217. The highest BCUT2D eigenvalue weighted by atomic mass is 16.5. The molecular formula is C23H22N4O6. The van der Waals surface area contributed by atoms with Crippen molar-refractivity contribution in [2.75, 3.05) is 19.5 Å². The Bertz CT molecular complexity index is 1320. The van der Waals surface area contributed by atoms with Crippen LogP contribution in [0.4, 0.5) is 5.69 Å². The number of hydrogen-bond acceptors (Lipinski definition) is 8. The zero-order chi connectivity index (χ0) is 23.5. The molecule has 10 heteroatoms. The van der Waals surface area contributed by atoms with Crippen LogP contribution in [0.15, 0.2) is 62.5 Å². The second-order valence-corrected chi connectivity index (χ2v) is 7.27. The average molecular weight is 450 g/mol. The normalized spacial score (nSPS) is 11.8. The van der Waals surface area contributed by atoms with Crippen molar-refractivity contribution in [3.05, 3.63) is 64.8 Å². The number of benzene rings is 1. The number of amides is 1. The van der Waals surface area contributed by atoms with Gasteiger partial charge in [0, 0.05) is 36.0 Å². The van der Waals surface area contributed by atoms with Crippen LogP contribution in [-0.4, -0.2) is 35.1 Å². The second kappa shape index (κ2) is 9.03. The van der Waals surface area contributed by atoms with Crippen molar-refractivity contribution < 1.29 is 23.2 Å². The third kappa shape index (κ3) is 4.49. The molecule has 1 N–H and O–H groups in total. The van der Waals surface area contributed by atoms with Gasteiger partial charge in [-0.15, -0.1) is 0 Å². The molecule has 4 aromatic rings. The van der Waals surface area contributed by atoms with Crippen molar-refractivity contribution in [2.45, 2.75) is 19.9 Å². The van der Waals surface area contributed by atoms with Gasteiger partial charge in [0.15, 0.2) is 11.5 Å². The highest BCUT2D eigenvalue weighted by Gasteiger charge is 2.23. The molecule has 3 heterocycles. The summed E-state index contributed by atoms with van der Waals surface area (Å²) in [5, 5.41) is 11.1. The van der Waals surface area contributed by atoms with Gasteiger partial charge in [-0.25, -0.2) is 4.68 Å². The fourth-order valence-corrected chi connectivity index (χ4v) is 3.26. The Labute approximate surface area is 188 Å². The molecule has 0 unspecified atom stereocenters. The third-order valence-electron chi connectivity index (χ3n) is 4.97. The first-order chi connectivity index (χ1) is 15.9. The lowest BCUT2D eigenvalue weighted by molar-refractivity contribution is -0.119. The summed E-state index contributed by atoms with van der Waals surface area (Å²) < 4.78 is 22.4. The number of aryl methyl sites for hydroxylation is 1. The molecule has 0 saturated carbocycles. The summed E-state index contributed by atoms with van der Waals surface area (Å²) in [7, 11) is 3.03. The number of carbonyl (C=O) groups is 1. The van der Waals surface area contributed by atoms with Gasteiger partial charge in [-0.3, -0.25) is 9.59 Å². The van der Waals surface area contributed by atoms with E-state index in [1.165, 1.54) is 26.5 Å². The molecule has 3 aromatic heterocycles. The molecule has 0 aliphatic carbocycles. The minimum absolute atomic E-state index is 0.346. The minimum atomic E-state index is -0.936. The Morgan fingerprint density at radius 1 is 1.09 bits per heavy atom. The molecule has 4 rings (SSSR count). The molecule has 0 aliphatic heterocycles. The highest BCUT2D eigenvalue weighted by molar-refractivity contribution is 5.94. The Morgan fingerprint density at radius 3 is 2.39 bits per heavy atom. The lowest BCUT2D eigenvalue weighted by Crippen LogP contribution is -2.33. The van der Waals surface area contributed by atoms with Crippen LogP contribution in [0.25, 0.3) is 22.8 Å². The van der Waals surface area contributed by atoms with Crippen LogP contribution in [0.5, 0.6) is 11.5 Å². The first kappa shape index (κ1) is 21.9. The molecule has 0 spiro atoms. The Hall–Kier alpha value is -4.34. The number of furan rings is 1. The van der Waals surface area contributed by atoms with Gasteiger partial charge < -0.3 is 23.7 Å². The standard InChI is InChI=1S/C23H22N4O6/c1-13-8-20(33-26-13)18-12-21(28)27(25-22(18)19-6-5-7-32-19)14(2)23(29)24-15-9-16(30-3)11-17(10-15)31-4/h5-12,14H,1-4H3,(H,24,29)/t14-/m1/s1. The molecule has 1 amide bonds. The smallest absolute Gasteiger partial charge is 0.268 e. The van der Waals surface area contributed by atoms with E-state index in [2.05, 4.69) is 15.6 Å². The van der Waals surface area contributed by atoms with Crippen molar-refractivity contribution in [3.8, 4) is 34.3 Å². The van der Waals surface area contributed by atoms with Gasteiger partial charge in [0.2, 0.25) is 5.91 Å². The van der Waals surface area contributed by atoms with E-state index in [-0.39, 0.29) is 0 Å². The molecule has 1 atom stereocenters. The Morgan fingerprint density at radius 2 is 1.82 bits per heavy atom. The second-order valence-electron chi connectivity index (χ2n) is 7.27. The van der Waals surface area contributed by atoms with Gasteiger partial charge in [-0.1, -0.05) is 5.16 Å². The van der Waals surface area contributed by atoms with E-state index >= 15 is 0 Å². The Kier molecular flexibility index (Phi) is 5.99. The number of hydrogen-bond donors (Lipinski definition) is 1. The van der Waals surface area contributed by atoms with E-state index in [0.29, 0.717) is 45.7 Å². The number of carbonyl (C=O) groups excluding carboxylic acids is 1. The van der Waals surface area contributed by atoms with Crippen LogP contribution in [-0.2, 0) is 4.79 Å². The molecule has 0 bridgehead atoms. The number of anilines is 1. The van der Waals surface area contributed by atoms with Gasteiger partial charge in [-0.2, -0.15) is 5.10 Å². The van der Waals surface area contributed by atoms with E-state index < -0.39 is 17.5 Å². The number of ether oxygens (including phenoxy) is 2. The molecule has 33 heavy (non-hydrogen) atoms. The maximum Gasteiger partial charge on any atom is 0.268 e. The van der Waals surface area contributed by atoms with Crippen LogP contribution in [0.1, 0.15) is 18.7 Å².